The lowest BCUT2D eigenvalue weighted by molar-refractivity contribution is -0.870. The minimum absolute atomic E-state index is 0.149. The van der Waals surface area contributed by atoms with Crippen LogP contribution in [0.4, 0.5) is 0 Å². The number of allylic oxidation sites excluding steroid dienone is 14. The molecule has 0 aromatic carbocycles. The van der Waals surface area contributed by atoms with Crippen LogP contribution in [0.1, 0.15) is 399 Å². The number of quaternary nitrogens is 1. The zero-order valence-corrected chi connectivity index (χ0v) is 64.7. The number of rotatable bonds is 78. The first kappa shape index (κ1) is 93.5. The predicted molar refractivity (Wildman–Crippen MR) is 417 cm³/mol. The molecule has 0 saturated carbocycles. The molecule has 0 N–H and O–H groups in total. The van der Waals surface area contributed by atoms with Gasteiger partial charge in [-0.2, -0.15) is 0 Å². The van der Waals surface area contributed by atoms with Crippen molar-refractivity contribution in [2.45, 2.75) is 411 Å². The number of ether oxygens (including phenoxy) is 4. The number of carboxylic acid groups (broad SMARTS) is 1. The molecule has 0 amide bonds. The van der Waals surface area contributed by atoms with Gasteiger partial charge in [0.15, 0.2) is 12.4 Å². The smallest absolute Gasteiger partial charge is 0.306 e. The summed E-state index contributed by atoms with van der Waals surface area (Å²) in [5.41, 5.74) is 0. The predicted octanol–water partition coefficient (Wildman–Crippen LogP) is 25.6. The van der Waals surface area contributed by atoms with Gasteiger partial charge in [0.05, 0.1) is 40.3 Å². The van der Waals surface area contributed by atoms with Gasteiger partial charge in [0.1, 0.15) is 13.2 Å². The topological polar surface area (TPSA) is 111 Å². The minimum Gasteiger partial charge on any atom is -0.545 e. The van der Waals surface area contributed by atoms with E-state index in [4.69, 9.17) is 18.9 Å². The molecule has 2 unspecified atom stereocenters. The highest BCUT2D eigenvalue weighted by molar-refractivity contribution is 5.70. The van der Waals surface area contributed by atoms with E-state index in [1.54, 1.807) is 0 Å². The zero-order chi connectivity index (χ0) is 70.4. The first-order valence-corrected chi connectivity index (χ1v) is 41.7. The highest BCUT2D eigenvalue weighted by Gasteiger charge is 2.22. The lowest BCUT2D eigenvalue weighted by atomic mass is 10.0. The molecule has 2 atom stereocenters. The molecule has 0 aromatic rings. The van der Waals surface area contributed by atoms with E-state index in [-0.39, 0.29) is 32.2 Å². The Morgan fingerprint density at radius 1 is 0.320 bits per heavy atom. The van der Waals surface area contributed by atoms with Crippen molar-refractivity contribution in [2.24, 2.45) is 0 Å². The fraction of sp³-hybridized carbons (Fsp3) is 0.807. The number of aliphatic carboxylic acids is 1. The molecule has 0 aromatic heterocycles. The number of likely N-dealkylation sites (N-methyl/N-ethyl adjacent to an activating group) is 1. The first-order valence-electron chi connectivity index (χ1n) is 41.7. The lowest BCUT2D eigenvalue weighted by Gasteiger charge is -2.26. The van der Waals surface area contributed by atoms with Crippen molar-refractivity contribution in [3.63, 3.8) is 0 Å². The van der Waals surface area contributed by atoms with Gasteiger partial charge in [-0.1, -0.05) is 381 Å². The summed E-state index contributed by atoms with van der Waals surface area (Å²) < 4.78 is 22.9. The molecular formula is C88H159NO8. The van der Waals surface area contributed by atoms with Crippen LogP contribution in [0.25, 0.3) is 0 Å². The molecule has 0 radical (unpaired) electrons. The van der Waals surface area contributed by atoms with Crippen LogP contribution in [-0.4, -0.2) is 82.3 Å². The second-order valence-electron chi connectivity index (χ2n) is 29.4. The molecule has 564 valence electrons. The number of unbranched alkanes of at least 4 members (excludes halogenated alkanes) is 49. The quantitative estimate of drug-likeness (QED) is 0.0195. The Kier molecular flexibility index (Phi) is 75.3. The number of carbonyl (C=O) groups excluding carboxylic acids is 3. The third-order valence-corrected chi connectivity index (χ3v) is 18.6. The number of esters is 2. The van der Waals surface area contributed by atoms with E-state index in [1.807, 2.05) is 21.1 Å². The van der Waals surface area contributed by atoms with Gasteiger partial charge in [0, 0.05) is 12.8 Å². The summed E-state index contributed by atoms with van der Waals surface area (Å²) in [5.74, 6) is -2.25. The fourth-order valence-corrected chi connectivity index (χ4v) is 12.3. The molecule has 0 aliphatic rings. The Bertz CT molecular complexity index is 1870. The summed E-state index contributed by atoms with van der Waals surface area (Å²) in [7, 11) is 5.95. The van der Waals surface area contributed by atoms with E-state index in [1.165, 1.54) is 295 Å². The second-order valence-corrected chi connectivity index (χ2v) is 29.4. The third-order valence-electron chi connectivity index (χ3n) is 18.6. The summed E-state index contributed by atoms with van der Waals surface area (Å²) in [4.78, 5) is 37.6. The Balaban J connectivity index is 3.97. The Morgan fingerprint density at radius 3 is 0.887 bits per heavy atom. The molecule has 9 nitrogen and oxygen atoms in total. The molecule has 0 heterocycles. The van der Waals surface area contributed by atoms with Crippen molar-refractivity contribution in [1.29, 1.82) is 0 Å². The van der Waals surface area contributed by atoms with Crippen molar-refractivity contribution >= 4 is 17.9 Å². The number of carboxylic acids is 1. The number of carbonyl (C=O) groups is 3. The standard InChI is InChI=1S/C88H159NO8/c1-6-8-10-12-14-16-18-20-22-24-26-28-30-32-34-36-38-40-41-42-43-44-45-47-49-51-53-55-57-59-61-63-65-67-69-71-73-75-77-79-86(91)97-84(83-96-88(87(92)93)94-81-80-89(3,4)5)82-95-85(90)78-76-74-72-70-68-66-64-62-60-58-56-54-52-50-48-46-39-37-35-33-31-29-27-25-23-21-19-17-15-13-11-9-7-2/h8,10,14,16,20,22,25-28,32,34,38,40,84,88H,6-7,9,11-13,15,17-19,21,23-24,29-31,33,35-37,39,41-83H2,1-5H3/b10-8-,16-14-,22-20-,27-25-,28-26-,34-32-,40-38-. The van der Waals surface area contributed by atoms with Crippen molar-refractivity contribution in [3.8, 4) is 0 Å². The highest BCUT2D eigenvalue weighted by Crippen LogP contribution is 2.20. The Hall–Kier alpha value is -3.53. The van der Waals surface area contributed by atoms with Crippen molar-refractivity contribution < 1.29 is 42.9 Å². The molecular weight excluding hydrogens is 1200 g/mol. The van der Waals surface area contributed by atoms with Crippen molar-refractivity contribution in [3.05, 3.63) is 85.1 Å². The van der Waals surface area contributed by atoms with Crippen molar-refractivity contribution in [2.75, 3.05) is 47.5 Å². The Labute approximate surface area is 601 Å². The summed E-state index contributed by atoms with van der Waals surface area (Å²) in [6, 6.07) is 0. The number of nitrogens with zero attached hydrogens (tertiary/aromatic N) is 1. The number of hydrogen-bond acceptors (Lipinski definition) is 8. The molecule has 0 rings (SSSR count). The maximum atomic E-state index is 13.0. The van der Waals surface area contributed by atoms with Gasteiger partial charge in [0.2, 0.25) is 0 Å². The SMILES string of the molecule is CC/C=C\C/C=C\C/C=C\C/C=C\C/C=C\C/C=C\CCCCCCCCCCCCCCCCCCCCCCC(=O)OC(COC(=O)CCCCCCCCCCCCCCCCCCCCCCC/C=C\CCCCCCCCCC)COC(OCC[N+](C)(C)C)C(=O)[O-]. The van der Waals surface area contributed by atoms with Crippen molar-refractivity contribution in [1.82, 2.24) is 0 Å². The second kappa shape index (κ2) is 78.2. The van der Waals surface area contributed by atoms with Gasteiger partial charge in [0.25, 0.3) is 0 Å². The molecule has 0 fully saturated rings. The number of hydrogen-bond donors (Lipinski definition) is 0. The maximum Gasteiger partial charge on any atom is 0.306 e. The van der Waals surface area contributed by atoms with Crippen LogP contribution in [0, 0.1) is 0 Å². The van der Waals surface area contributed by atoms with Gasteiger partial charge in [-0.05, 0) is 89.9 Å². The van der Waals surface area contributed by atoms with Gasteiger partial charge in [-0.25, -0.2) is 0 Å². The van der Waals surface area contributed by atoms with Gasteiger partial charge < -0.3 is 33.3 Å². The molecule has 0 spiro atoms. The molecule has 0 aliphatic carbocycles. The minimum atomic E-state index is -1.62. The van der Waals surface area contributed by atoms with E-state index in [0.717, 1.165) is 70.6 Å². The normalized spacial score (nSPS) is 13.0. The highest BCUT2D eigenvalue weighted by atomic mass is 16.7. The van der Waals surface area contributed by atoms with E-state index >= 15 is 0 Å². The van der Waals surface area contributed by atoms with Crippen LogP contribution in [-0.2, 0) is 33.3 Å². The molecule has 97 heavy (non-hydrogen) atoms. The van der Waals surface area contributed by atoms with Crippen LogP contribution in [0.3, 0.4) is 0 Å². The monoisotopic (exact) mass is 1360 g/mol. The van der Waals surface area contributed by atoms with Crippen LogP contribution < -0.4 is 5.11 Å². The average Bonchev–Trinajstić information content (AvgIpc) is 2.39. The van der Waals surface area contributed by atoms with E-state index < -0.39 is 24.3 Å². The molecule has 0 aliphatic heterocycles. The fourth-order valence-electron chi connectivity index (χ4n) is 12.3. The molecule has 0 saturated heterocycles. The van der Waals surface area contributed by atoms with E-state index in [2.05, 4.69) is 98.9 Å². The Morgan fingerprint density at radius 2 is 0.588 bits per heavy atom. The van der Waals surface area contributed by atoms with Gasteiger partial charge in [-0.15, -0.1) is 0 Å². The maximum absolute atomic E-state index is 13.0. The van der Waals surface area contributed by atoms with Crippen LogP contribution in [0.5, 0.6) is 0 Å². The van der Waals surface area contributed by atoms with Crippen LogP contribution in [0.2, 0.25) is 0 Å². The van der Waals surface area contributed by atoms with E-state index in [0.29, 0.717) is 23.9 Å². The lowest BCUT2D eigenvalue weighted by Crippen LogP contribution is -2.44. The average molecular weight is 1360 g/mol. The van der Waals surface area contributed by atoms with Crippen LogP contribution in [0.15, 0.2) is 85.1 Å². The summed E-state index contributed by atoms with van der Waals surface area (Å²) in [6.45, 7) is 4.70. The third kappa shape index (κ3) is 79.7. The largest absolute Gasteiger partial charge is 0.545 e. The molecule has 0 bridgehead atoms. The van der Waals surface area contributed by atoms with Crippen LogP contribution >= 0.6 is 0 Å². The first-order chi connectivity index (χ1) is 47.6. The zero-order valence-electron chi connectivity index (χ0n) is 64.7. The van der Waals surface area contributed by atoms with Gasteiger partial charge in [-0.3, -0.25) is 9.59 Å². The summed E-state index contributed by atoms with van der Waals surface area (Å²) in [5, 5.41) is 11.9. The summed E-state index contributed by atoms with van der Waals surface area (Å²) >= 11 is 0. The summed E-state index contributed by atoms with van der Waals surface area (Å²) in [6.07, 6.45) is 104. The molecule has 9 heteroatoms. The van der Waals surface area contributed by atoms with E-state index in [9.17, 15) is 19.5 Å². The van der Waals surface area contributed by atoms with Gasteiger partial charge >= 0.3 is 11.9 Å².